The zero-order valence-corrected chi connectivity index (χ0v) is 14.6. The van der Waals surface area contributed by atoms with Crippen LogP contribution in [0.3, 0.4) is 0 Å². The molecule has 1 atom stereocenters. The molecule has 1 fully saturated rings. The Morgan fingerprint density at radius 1 is 1.35 bits per heavy atom. The molecule has 0 saturated heterocycles. The fourth-order valence-corrected chi connectivity index (χ4v) is 3.44. The van der Waals surface area contributed by atoms with Crippen LogP contribution >= 0.6 is 0 Å². The average Bonchev–Trinajstić information content (AvgIpc) is 3.04. The van der Waals surface area contributed by atoms with Gasteiger partial charge in [-0.25, -0.2) is 0 Å². The maximum Gasteiger partial charge on any atom is 0.229 e. The van der Waals surface area contributed by atoms with Gasteiger partial charge in [0, 0.05) is 32.3 Å². The van der Waals surface area contributed by atoms with E-state index >= 15 is 0 Å². The first-order chi connectivity index (χ1) is 12.7. The molecule has 1 saturated carbocycles. The molecule has 1 aliphatic carbocycles. The lowest BCUT2D eigenvalue weighted by atomic mass is 10.1. The third kappa shape index (κ3) is 2.82. The number of aromatic nitrogens is 6. The molecule has 0 radical (unpaired) electrons. The van der Waals surface area contributed by atoms with Crippen LogP contribution in [0.25, 0.3) is 0 Å². The van der Waals surface area contributed by atoms with E-state index in [0.29, 0.717) is 18.2 Å². The van der Waals surface area contributed by atoms with Crippen molar-refractivity contribution >= 4 is 0 Å². The Hall–Kier alpha value is -2.52. The van der Waals surface area contributed by atoms with E-state index in [-0.39, 0.29) is 0 Å². The Morgan fingerprint density at radius 3 is 3.00 bits per heavy atom. The SMILES string of the molecule is Cn1nccc1[C@@H](O)c1cc2n(n1)CCN(Cc1noc(C3CC3)n1)C2. The highest BCUT2D eigenvalue weighted by Gasteiger charge is 2.30. The summed E-state index contributed by atoms with van der Waals surface area (Å²) in [5.41, 5.74) is 2.47. The molecule has 4 heterocycles. The van der Waals surface area contributed by atoms with Gasteiger partial charge in [0.2, 0.25) is 5.89 Å². The largest absolute Gasteiger partial charge is 0.380 e. The molecular formula is C17H21N7O2. The maximum absolute atomic E-state index is 10.6. The summed E-state index contributed by atoms with van der Waals surface area (Å²) in [5.74, 6) is 2.01. The van der Waals surface area contributed by atoms with E-state index in [9.17, 15) is 5.11 Å². The van der Waals surface area contributed by atoms with E-state index in [2.05, 4.69) is 25.2 Å². The van der Waals surface area contributed by atoms with E-state index in [0.717, 1.165) is 55.6 Å². The molecule has 0 aromatic carbocycles. The Bertz CT molecular complexity index is 923. The number of aryl methyl sites for hydroxylation is 1. The molecule has 3 aromatic heterocycles. The van der Waals surface area contributed by atoms with Crippen molar-refractivity contribution in [1.29, 1.82) is 0 Å². The van der Waals surface area contributed by atoms with Crippen LogP contribution in [-0.2, 0) is 26.7 Å². The quantitative estimate of drug-likeness (QED) is 0.728. The van der Waals surface area contributed by atoms with E-state index in [1.165, 1.54) is 0 Å². The fraction of sp³-hybridized carbons (Fsp3) is 0.529. The second-order valence-corrected chi connectivity index (χ2v) is 7.10. The first kappa shape index (κ1) is 15.7. The minimum Gasteiger partial charge on any atom is -0.380 e. The first-order valence-corrected chi connectivity index (χ1v) is 8.95. The third-order valence-corrected chi connectivity index (χ3v) is 5.09. The van der Waals surface area contributed by atoms with Crippen LogP contribution in [0, 0.1) is 0 Å². The molecule has 5 rings (SSSR count). The van der Waals surface area contributed by atoms with E-state index in [1.807, 2.05) is 23.9 Å². The Morgan fingerprint density at radius 2 is 2.23 bits per heavy atom. The van der Waals surface area contributed by atoms with Crippen molar-refractivity contribution < 1.29 is 9.63 Å². The smallest absolute Gasteiger partial charge is 0.229 e. The van der Waals surface area contributed by atoms with Gasteiger partial charge in [-0.05, 0) is 25.0 Å². The van der Waals surface area contributed by atoms with E-state index in [4.69, 9.17) is 4.52 Å². The topological polar surface area (TPSA) is 98.0 Å². The van der Waals surface area contributed by atoms with Crippen LogP contribution in [0.5, 0.6) is 0 Å². The predicted octanol–water partition coefficient (Wildman–Crippen LogP) is 0.974. The predicted molar refractivity (Wildman–Crippen MR) is 89.9 cm³/mol. The molecule has 26 heavy (non-hydrogen) atoms. The van der Waals surface area contributed by atoms with Gasteiger partial charge in [-0.15, -0.1) is 0 Å². The number of aliphatic hydroxyl groups is 1. The molecule has 0 spiro atoms. The maximum atomic E-state index is 10.6. The standard InChI is InChI=1S/C17H21N7O2/c1-22-14(4-5-18-22)16(25)13-8-12-9-23(6-7-24(12)20-13)10-15-19-17(26-21-15)11-2-3-11/h4-5,8,11,16,25H,2-3,6-7,9-10H2,1H3/t16-/m0/s1. The Balaban J connectivity index is 1.29. The van der Waals surface area contributed by atoms with E-state index in [1.54, 1.807) is 10.9 Å². The van der Waals surface area contributed by atoms with Crippen LogP contribution in [0.2, 0.25) is 0 Å². The summed E-state index contributed by atoms with van der Waals surface area (Å²) in [4.78, 5) is 6.78. The lowest BCUT2D eigenvalue weighted by Crippen LogP contribution is -2.33. The zero-order chi connectivity index (χ0) is 17.7. The highest BCUT2D eigenvalue weighted by molar-refractivity contribution is 5.22. The Kier molecular flexibility index (Phi) is 3.64. The minimum absolute atomic E-state index is 0.482. The lowest BCUT2D eigenvalue weighted by Gasteiger charge is -2.26. The van der Waals surface area contributed by atoms with Gasteiger partial charge in [0.25, 0.3) is 0 Å². The monoisotopic (exact) mass is 355 g/mol. The van der Waals surface area contributed by atoms with Crippen molar-refractivity contribution in [3.05, 3.63) is 47.1 Å². The van der Waals surface area contributed by atoms with Gasteiger partial charge in [-0.1, -0.05) is 5.16 Å². The van der Waals surface area contributed by atoms with Gasteiger partial charge in [-0.3, -0.25) is 14.3 Å². The van der Waals surface area contributed by atoms with Crippen molar-refractivity contribution in [1.82, 2.24) is 34.6 Å². The van der Waals surface area contributed by atoms with Crippen molar-refractivity contribution in [3.8, 4) is 0 Å². The van der Waals surface area contributed by atoms with Crippen molar-refractivity contribution in [2.45, 2.75) is 44.5 Å². The summed E-state index contributed by atoms with van der Waals surface area (Å²) in [6, 6.07) is 3.78. The molecular weight excluding hydrogens is 334 g/mol. The number of nitrogens with zero attached hydrogens (tertiary/aromatic N) is 7. The molecule has 2 aliphatic rings. The summed E-state index contributed by atoms with van der Waals surface area (Å²) in [6.45, 7) is 3.06. The highest BCUT2D eigenvalue weighted by Crippen LogP contribution is 2.38. The van der Waals surface area contributed by atoms with Crippen LogP contribution in [-0.4, -0.2) is 46.3 Å². The summed E-state index contributed by atoms with van der Waals surface area (Å²) in [6.07, 6.45) is 3.22. The van der Waals surface area contributed by atoms with Crippen LogP contribution < -0.4 is 0 Å². The number of hydrogen-bond acceptors (Lipinski definition) is 7. The average molecular weight is 355 g/mol. The second kappa shape index (κ2) is 6.03. The summed E-state index contributed by atoms with van der Waals surface area (Å²) in [5, 5.41) is 23.4. The zero-order valence-electron chi connectivity index (χ0n) is 14.6. The van der Waals surface area contributed by atoms with Crippen molar-refractivity contribution in [3.63, 3.8) is 0 Å². The summed E-state index contributed by atoms with van der Waals surface area (Å²) in [7, 11) is 1.82. The molecule has 1 aliphatic heterocycles. The van der Waals surface area contributed by atoms with E-state index < -0.39 is 6.10 Å². The number of aliphatic hydroxyl groups excluding tert-OH is 1. The van der Waals surface area contributed by atoms with Crippen LogP contribution in [0.4, 0.5) is 0 Å². The molecule has 0 unspecified atom stereocenters. The number of rotatable bonds is 5. The van der Waals surface area contributed by atoms with Gasteiger partial charge in [0.15, 0.2) is 5.82 Å². The highest BCUT2D eigenvalue weighted by atomic mass is 16.5. The van der Waals surface area contributed by atoms with Crippen LogP contribution in [0.1, 0.15) is 53.7 Å². The molecule has 136 valence electrons. The second-order valence-electron chi connectivity index (χ2n) is 7.10. The van der Waals surface area contributed by atoms with Crippen LogP contribution in [0.15, 0.2) is 22.9 Å². The van der Waals surface area contributed by atoms with Crippen molar-refractivity contribution in [2.75, 3.05) is 6.54 Å². The number of hydrogen-bond donors (Lipinski definition) is 1. The third-order valence-electron chi connectivity index (χ3n) is 5.09. The molecule has 9 heteroatoms. The summed E-state index contributed by atoms with van der Waals surface area (Å²) < 4.78 is 8.98. The molecule has 3 aromatic rings. The summed E-state index contributed by atoms with van der Waals surface area (Å²) >= 11 is 0. The van der Waals surface area contributed by atoms with Gasteiger partial charge < -0.3 is 9.63 Å². The van der Waals surface area contributed by atoms with Gasteiger partial charge >= 0.3 is 0 Å². The van der Waals surface area contributed by atoms with Gasteiger partial charge in [-0.2, -0.15) is 15.2 Å². The van der Waals surface area contributed by atoms with Crippen molar-refractivity contribution in [2.24, 2.45) is 7.05 Å². The van der Waals surface area contributed by atoms with Gasteiger partial charge in [0.1, 0.15) is 6.10 Å². The Labute approximate surface area is 150 Å². The fourth-order valence-electron chi connectivity index (χ4n) is 3.44. The normalized spacial score (nSPS) is 18.8. The van der Waals surface area contributed by atoms with Gasteiger partial charge in [0.05, 0.1) is 30.2 Å². The lowest BCUT2D eigenvalue weighted by molar-refractivity contribution is 0.192. The molecule has 0 amide bonds. The molecule has 1 N–H and O–H groups in total. The molecule has 9 nitrogen and oxygen atoms in total. The first-order valence-electron chi connectivity index (χ1n) is 8.95. The minimum atomic E-state index is -0.771. The molecule has 0 bridgehead atoms. The number of fused-ring (bicyclic) bond motifs is 1.